The number of furan rings is 1. The Kier molecular flexibility index (Phi) is 5.42. The van der Waals surface area contributed by atoms with Crippen LogP contribution in [0.5, 0.6) is 5.75 Å². The van der Waals surface area contributed by atoms with Gasteiger partial charge >= 0.3 is 12.1 Å². The first-order valence-electron chi connectivity index (χ1n) is 8.46. The second-order valence-corrected chi connectivity index (χ2v) is 8.12. The maximum Gasteiger partial charge on any atom is 0.417 e. The maximum absolute atomic E-state index is 13.3. The smallest absolute Gasteiger partial charge is 0.417 e. The Balaban J connectivity index is 2.00. The first-order chi connectivity index (χ1) is 13.9. The molecule has 0 bridgehead atoms. The molecule has 0 saturated heterocycles. The van der Waals surface area contributed by atoms with Crippen LogP contribution in [0.4, 0.5) is 18.9 Å². The van der Waals surface area contributed by atoms with Crippen LogP contribution in [-0.2, 0) is 16.2 Å². The SMILES string of the molecule is COc1cccc(C(F)(F)F)c1S(=O)(=O)NC(=O)c1cc2ccc(N(C)C)cc2o1. The van der Waals surface area contributed by atoms with Gasteiger partial charge in [-0.3, -0.25) is 4.79 Å². The second kappa shape index (κ2) is 7.56. The van der Waals surface area contributed by atoms with E-state index in [0.29, 0.717) is 17.0 Å². The first-order valence-corrected chi connectivity index (χ1v) is 9.94. The summed E-state index contributed by atoms with van der Waals surface area (Å²) < 4.78 is 77.2. The molecular formula is C19H17F3N2O5S. The zero-order valence-corrected chi connectivity index (χ0v) is 16.9. The topological polar surface area (TPSA) is 88.8 Å². The number of methoxy groups -OCH3 is 1. The van der Waals surface area contributed by atoms with Gasteiger partial charge in [0.25, 0.3) is 10.0 Å². The fourth-order valence-corrected chi connectivity index (χ4v) is 4.15. The number of nitrogens with zero attached hydrogens (tertiary/aromatic N) is 1. The van der Waals surface area contributed by atoms with E-state index in [1.807, 2.05) is 0 Å². The summed E-state index contributed by atoms with van der Waals surface area (Å²) in [5.41, 5.74) is -0.361. The largest absolute Gasteiger partial charge is 0.495 e. The monoisotopic (exact) mass is 442 g/mol. The van der Waals surface area contributed by atoms with Crippen LogP contribution in [0.2, 0.25) is 0 Å². The molecule has 3 rings (SSSR count). The molecule has 0 spiro atoms. The van der Waals surface area contributed by atoms with E-state index < -0.39 is 38.3 Å². The second-order valence-electron chi connectivity index (χ2n) is 6.50. The molecule has 0 saturated carbocycles. The van der Waals surface area contributed by atoms with Gasteiger partial charge in [-0.15, -0.1) is 0 Å². The number of alkyl halides is 3. The van der Waals surface area contributed by atoms with Crippen molar-refractivity contribution in [1.29, 1.82) is 0 Å². The average Bonchev–Trinajstić information content (AvgIpc) is 3.09. The van der Waals surface area contributed by atoms with Gasteiger partial charge < -0.3 is 14.1 Å². The van der Waals surface area contributed by atoms with E-state index in [-0.39, 0.29) is 5.76 Å². The minimum absolute atomic E-state index is 0.317. The summed E-state index contributed by atoms with van der Waals surface area (Å²) in [7, 11) is -0.308. The van der Waals surface area contributed by atoms with Crippen molar-refractivity contribution in [3.63, 3.8) is 0 Å². The van der Waals surface area contributed by atoms with Crippen molar-refractivity contribution in [1.82, 2.24) is 4.72 Å². The lowest BCUT2D eigenvalue weighted by Crippen LogP contribution is -2.32. The van der Waals surface area contributed by atoms with Gasteiger partial charge in [0.1, 0.15) is 16.2 Å². The summed E-state index contributed by atoms with van der Waals surface area (Å²) in [6, 6.07) is 9.02. The van der Waals surface area contributed by atoms with Gasteiger partial charge in [0.15, 0.2) is 5.76 Å². The van der Waals surface area contributed by atoms with Crippen molar-refractivity contribution >= 4 is 32.6 Å². The molecule has 1 aromatic heterocycles. The quantitative estimate of drug-likeness (QED) is 0.649. The first kappa shape index (κ1) is 21.5. The Hall–Kier alpha value is -3.21. The number of hydrogen-bond donors (Lipinski definition) is 1. The lowest BCUT2D eigenvalue weighted by atomic mass is 10.2. The zero-order valence-electron chi connectivity index (χ0n) is 16.1. The third kappa shape index (κ3) is 4.06. The minimum atomic E-state index is -4.98. The number of carbonyl (C=O) groups excluding carboxylic acids is 1. The molecule has 0 aliphatic rings. The van der Waals surface area contributed by atoms with Crippen LogP contribution in [0.3, 0.4) is 0 Å². The van der Waals surface area contributed by atoms with E-state index in [1.54, 1.807) is 41.9 Å². The fraction of sp³-hybridized carbons (Fsp3) is 0.211. The van der Waals surface area contributed by atoms with Gasteiger partial charge in [-0.25, -0.2) is 13.1 Å². The molecule has 0 fully saturated rings. The summed E-state index contributed by atoms with van der Waals surface area (Å²) in [6.45, 7) is 0. The number of rotatable bonds is 5. The minimum Gasteiger partial charge on any atom is -0.495 e. The van der Waals surface area contributed by atoms with E-state index in [9.17, 15) is 26.4 Å². The molecule has 7 nitrogen and oxygen atoms in total. The van der Waals surface area contributed by atoms with Gasteiger partial charge in [-0.05, 0) is 30.3 Å². The van der Waals surface area contributed by atoms with Crippen LogP contribution in [-0.4, -0.2) is 35.5 Å². The summed E-state index contributed by atoms with van der Waals surface area (Å²) in [5.74, 6) is -2.13. The van der Waals surface area contributed by atoms with Gasteiger partial charge in [-0.1, -0.05) is 6.07 Å². The molecule has 1 N–H and O–H groups in total. The van der Waals surface area contributed by atoms with Crippen molar-refractivity contribution in [2.75, 3.05) is 26.1 Å². The number of ether oxygens (including phenoxy) is 1. The Morgan fingerprint density at radius 3 is 2.43 bits per heavy atom. The molecule has 1 heterocycles. The molecule has 0 unspecified atom stereocenters. The molecule has 3 aromatic rings. The third-order valence-corrected chi connectivity index (χ3v) is 5.66. The lowest BCUT2D eigenvalue weighted by molar-refractivity contribution is -0.140. The Morgan fingerprint density at radius 1 is 1.13 bits per heavy atom. The van der Waals surface area contributed by atoms with Crippen LogP contribution in [0, 0.1) is 0 Å². The zero-order chi connectivity index (χ0) is 22.3. The number of amides is 1. The van der Waals surface area contributed by atoms with E-state index in [1.165, 1.54) is 6.07 Å². The van der Waals surface area contributed by atoms with Crippen molar-refractivity contribution < 1.29 is 35.5 Å². The van der Waals surface area contributed by atoms with Crippen LogP contribution < -0.4 is 14.4 Å². The van der Waals surface area contributed by atoms with E-state index in [0.717, 1.165) is 24.9 Å². The number of nitrogens with one attached hydrogen (secondary N) is 1. The number of halogens is 3. The molecule has 0 atom stereocenters. The maximum atomic E-state index is 13.3. The Morgan fingerprint density at radius 2 is 1.83 bits per heavy atom. The highest BCUT2D eigenvalue weighted by Gasteiger charge is 2.40. The van der Waals surface area contributed by atoms with E-state index >= 15 is 0 Å². The average molecular weight is 442 g/mol. The molecule has 0 aliphatic carbocycles. The Bertz CT molecular complexity index is 1220. The van der Waals surface area contributed by atoms with Crippen LogP contribution >= 0.6 is 0 Å². The summed E-state index contributed by atoms with van der Waals surface area (Å²) in [5, 5.41) is 0.524. The molecule has 11 heteroatoms. The Labute approximate surface area is 170 Å². The molecule has 1 amide bonds. The van der Waals surface area contributed by atoms with Crippen molar-refractivity contribution in [2.45, 2.75) is 11.1 Å². The van der Waals surface area contributed by atoms with Crippen molar-refractivity contribution in [3.05, 3.63) is 53.8 Å². The summed E-state index contributed by atoms with van der Waals surface area (Å²) >= 11 is 0. The van der Waals surface area contributed by atoms with E-state index in [2.05, 4.69) is 0 Å². The highest BCUT2D eigenvalue weighted by Crippen LogP contribution is 2.38. The molecule has 160 valence electrons. The van der Waals surface area contributed by atoms with Crippen molar-refractivity contribution in [3.8, 4) is 5.75 Å². The number of fused-ring (bicyclic) bond motifs is 1. The highest BCUT2D eigenvalue weighted by molar-refractivity contribution is 7.90. The van der Waals surface area contributed by atoms with E-state index in [4.69, 9.17) is 9.15 Å². The van der Waals surface area contributed by atoms with Crippen LogP contribution in [0.1, 0.15) is 16.1 Å². The fourth-order valence-electron chi connectivity index (χ4n) is 2.81. The number of sulfonamides is 1. The molecule has 2 aromatic carbocycles. The highest BCUT2D eigenvalue weighted by atomic mass is 32.2. The summed E-state index contributed by atoms with van der Waals surface area (Å²) in [4.78, 5) is 13.1. The number of hydrogen-bond acceptors (Lipinski definition) is 6. The summed E-state index contributed by atoms with van der Waals surface area (Å²) in [6.07, 6.45) is -4.98. The van der Waals surface area contributed by atoms with Gasteiger partial charge in [-0.2, -0.15) is 13.2 Å². The standard InChI is InChI=1S/C19H17F3N2O5S/c1-24(2)12-8-7-11-9-16(29-15(11)10-12)18(25)23-30(26,27)17-13(19(20,21)22)5-4-6-14(17)28-3/h4-10H,1-3H3,(H,23,25). The number of anilines is 1. The predicted octanol–water partition coefficient (Wildman–Crippen LogP) is 3.64. The molecular weight excluding hydrogens is 425 g/mol. The molecule has 0 aliphatic heterocycles. The van der Waals surface area contributed by atoms with Gasteiger partial charge in [0.05, 0.1) is 12.7 Å². The molecule has 30 heavy (non-hydrogen) atoms. The predicted molar refractivity (Wildman–Crippen MR) is 103 cm³/mol. The van der Waals surface area contributed by atoms with Crippen LogP contribution in [0.15, 0.2) is 51.8 Å². The third-order valence-electron chi connectivity index (χ3n) is 4.24. The lowest BCUT2D eigenvalue weighted by Gasteiger charge is -2.16. The van der Waals surface area contributed by atoms with Gasteiger partial charge in [0.2, 0.25) is 0 Å². The normalized spacial score (nSPS) is 12.1. The van der Waals surface area contributed by atoms with Crippen LogP contribution in [0.25, 0.3) is 11.0 Å². The van der Waals surface area contributed by atoms with Gasteiger partial charge in [0, 0.05) is 31.2 Å². The van der Waals surface area contributed by atoms with Crippen molar-refractivity contribution in [2.24, 2.45) is 0 Å². The number of carbonyl (C=O) groups is 1. The molecule has 0 radical (unpaired) electrons. The number of benzene rings is 2.